The third kappa shape index (κ3) is 2.95. The maximum absolute atomic E-state index is 11.9. The number of anilines is 1. The number of hydrogen-bond acceptors (Lipinski definition) is 3. The lowest BCUT2D eigenvalue weighted by atomic mass is 10.2. The third-order valence-electron chi connectivity index (χ3n) is 2.92. The number of halogens is 1. The highest BCUT2D eigenvalue weighted by atomic mass is 35.5. The second-order valence-corrected chi connectivity index (χ2v) is 4.74. The van der Waals surface area contributed by atoms with Gasteiger partial charge in [0.25, 0.3) is 0 Å². The maximum Gasteiger partial charge on any atom is 0.248 e. The second-order valence-electron chi connectivity index (χ2n) is 4.33. The molecule has 0 saturated heterocycles. The van der Waals surface area contributed by atoms with Crippen LogP contribution in [0.5, 0.6) is 0 Å². The van der Waals surface area contributed by atoms with Crippen molar-refractivity contribution < 1.29 is 9.21 Å². The molecule has 0 radical (unpaired) electrons. The summed E-state index contributed by atoms with van der Waals surface area (Å²) in [5.74, 6) is 0.352. The predicted octanol–water partition coefficient (Wildman–Crippen LogP) is 4.13. The van der Waals surface area contributed by atoms with Crippen molar-refractivity contribution >= 4 is 40.2 Å². The Balaban J connectivity index is 1.85. The molecule has 2 aromatic heterocycles. The number of carbonyl (C=O) groups is 1. The molecule has 0 atom stereocenters. The van der Waals surface area contributed by atoms with E-state index in [2.05, 4.69) is 10.3 Å². The van der Waals surface area contributed by atoms with Crippen LogP contribution >= 0.6 is 11.6 Å². The SMILES string of the molecule is O=C(/C=C/c1ccco1)Nc1ccc(Cl)c2cccnc12. The molecule has 5 heteroatoms. The largest absolute Gasteiger partial charge is 0.465 e. The molecule has 2 heterocycles. The minimum atomic E-state index is -0.263. The Morgan fingerprint density at radius 2 is 2.14 bits per heavy atom. The van der Waals surface area contributed by atoms with Gasteiger partial charge in [-0.05, 0) is 42.5 Å². The molecule has 4 nitrogen and oxygen atoms in total. The van der Waals surface area contributed by atoms with Crippen LogP contribution in [0.15, 0.2) is 59.4 Å². The zero-order valence-corrected chi connectivity index (χ0v) is 11.7. The molecular formula is C16H11ClN2O2. The number of aromatic nitrogens is 1. The van der Waals surface area contributed by atoms with E-state index in [1.807, 2.05) is 6.07 Å². The molecule has 0 unspecified atom stereocenters. The highest BCUT2D eigenvalue weighted by Crippen LogP contribution is 2.27. The number of nitrogens with zero attached hydrogens (tertiary/aromatic N) is 1. The lowest BCUT2D eigenvalue weighted by Gasteiger charge is -2.07. The van der Waals surface area contributed by atoms with Crippen molar-refractivity contribution in [3.63, 3.8) is 0 Å². The highest BCUT2D eigenvalue weighted by Gasteiger charge is 2.07. The van der Waals surface area contributed by atoms with E-state index in [-0.39, 0.29) is 5.91 Å². The van der Waals surface area contributed by atoms with E-state index in [1.54, 1.807) is 48.9 Å². The fraction of sp³-hybridized carbons (Fsp3) is 0. The molecule has 0 aliphatic heterocycles. The van der Waals surface area contributed by atoms with Crippen LogP contribution in [0.2, 0.25) is 5.02 Å². The van der Waals surface area contributed by atoms with Crippen LogP contribution in [0.3, 0.4) is 0 Å². The lowest BCUT2D eigenvalue weighted by Crippen LogP contribution is -2.08. The molecule has 0 bridgehead atoms. The normalized spacial score (nSPS) is 11.1. The van der Waals surface area contributed by atoms with Crippen LogP contribution in [-0.2, 0) is 4.79 Å². The molecule has 0 saturated carbocycles. The monoisotopic (exact) mass is 298 g/mol. The predicted molar refractivity (Wildman–Crippen MR) is 83.1 cm³/mol. The molecule has 0 aliphatic carbocycles. The first-order valence-electron chi connectivity index (χ1n) is 6.30. The fourth-order valence-corrected chi connectivity index (χ4v) is 2.17. The van der Waals surface area contributed by atoms with E-state index in [0.717, 1.165) is 5.39 Å². The third-order valence-corrected chi connectivity index (χ3v) is 3.25. The first-order valence-corrected chi connectivity index (χ1v) is 6.67. The number of pyridine rings is 1. The van der Waals surface area contributed by atoms with Gasteiger partial charge in [0.15, 0.2) is 0 Å². The Kier molecular flexibility index (Phi) is 3.71. The van der Waals surface area contributed by atoms with Crippen LogP contribution in [0.25, 0.3) is 17.0 Å². The summed E-state index contributed by atoms with van der Waals surface area (Å²) in [6, 6.07) is 10.7. The topological polar surface area (TPSA) is 55.1 Å². The van der Waals surface area contributed by atoms with Crippen LogP contribution in [0.1, 0.15) is 5.76 Å². The molecular weight excluding hydrogens is 288 g/mol. The van der Waals surface area contributed by atoms with Gasteiger partial charge in [0, 0.05) is 17.7 Å². The summed E-state index contributed by atoms with van der Waals surface area (Å²) in [6.45, 7) is 0. The fourth-order valence-electron chi connectivity index (χ4n) is 1.96. The summed E-state index contributed by atoms with van der Waals surface area (Å²) in [7, 11) is 0. The summed E-state index contributed by atoms with van der Waals surface area (Å²) in [5.41, 5.74) is 1.27. The van der Waals surface area contributed by atoms with Gasteiger partial charge in [0.1, 0.15) is 5.76 Å². The summed E-state index contributed by atoms with van der Waals surface area (Å²) in [4.78, 5) is 16.2. The number of furan rings is 1. The molecule has 21 heavy (non-hydrogen) atoms. The van der Waals surface area contributed by atoms with Gasteiger partial charge in [-0.15, -0.1) is 0 Å². The number of carbonyl (C=O) groups excluding carboxylic acids is 1. The number of rotatable bonds is 3. The van der Waals surface area contributed by atoms with Gasteiger partial charge < -0.3 is 9.73 Å². The van der Waals surface area contributed by atoms with Crippen molar-refractivity contribution in [1.82, 2.24) is 4.98 Å². The minimum Gasteiger partial charge on any atom is -0.465 e. The van der Waals surface area contributed by atoms with Gasteiger partial charge in [-0.3, -0.25) is 9.78 Å². The lowest BCUT2D eigenvalue weighted by molar-refractivity contribution is -0.111. The molecule has 0 spiro atoms. The number of hydrogen-bond donors (Lipinski definition) is 1. The van der Waals surface area contributed by atoms with Crippen molar-refractivity contribution in [3.05, 3.63) is 65.7 Å². The van der Waals surface area contributed by atoms with Crippen LogP contribution in [0, 0.1) is 0 Å². The quantitative estimate of drug-likeness (QED) is 0.740. The summed E-state index contributed by atoms with van der Waals surface area (Å²) < 4.78 is 5.12. The van der Waals surface area contributed by atoms with Crippen molar-refractivity contribution in [2.24, 2.45) is 0 Å². The Labute approximate surface area is 126 Å². The van der Waals surface area contributed by atoms with Gasteiger partial charge in [-0.1, -0.05) is 11.6 Å². The Morgan fingerprint density at radius 3 is 2.95 bits per heavy atom. The second kappa shape index (κ2) is 5.81. The van der Waals surface area contributed by atoms with Gasteiger partial charge >= 0.3 is 0 Å². The highest BCUT2D eigenvalue weighted by molar-refractivity contribution is 6.36. The Bertz CT molecular complexity index is 810. The summed E-state index contributed by atoms with van der Waals surface area (Å²) in [5, 5.41) is 4.18. The van der Waals surface area contributed by atoms with E-state index in [0.29, 0.717) is 22.0 Å². The molecule has 3 rings (SSSR count). The van der Waals surface area contributed by atoms with Crippen LogP contribution in [-0.4, -0.2) is 10.9 Å². The van der Waals surface area contributed by atoms with Gasteiger partial charge in [0.05, 0.1) is 22.5 Å². The first-order chi connectivity index (χ1) is 10.2. The standard InChI is InChI=1S/C16H11ClN2O2/c17-13-6-7-14(16-12(13)4-1-9-18-16)19-15(20)8-5-11-3-2-10-21-11/h1-10H,(H,19,20)/b8-5+. The van der Waals surface area contributed by atoms with Gasteiger partial charge in [0.2, 0.25) is 5.91 Å². The Morgan fingerprint density at radius 1 is 1.24 bits per heavy atom. The molecule has 104 valence electrons. The zero-order chi connectivity index (χ0) is 14.7. The summed E-state index contributed by atoms with van der Waals surface area (Å²) in [6.07, 6.45) is 6.21. The molecule has 1 N–H and O–H groups in total. The van der Waals surface area contributed by atoms with Crippen LogP contribution in [0.4, 0.5) is 5.69 Å². The molecule has 0 aliphatic rings. The zero-order valence-electron chi connectivity index (χ0n) is 10.9. The van der Waals surface area contributed by atoms with E-state index < -0.39 is 0 Å². The molecule has 1 aromatic carbocycles. The van der Waals surface area contributed by atoms with E-state index >= 15 is 0 Å². The van der Waals surface area contributed by atoms with E-state index in [9.17, 15) is 4.79 Å². The number of amides is 1. The number of benzene rings is 1. The smallest absolute Gasteiger partial charge is 0.248 e. The van der Waals surface area contributed by atoms with Gasteiger partial charge in [-0.2, -0.15) is 0 Å². The average molecular weight is 299 g/mol. The number of nitrogens with one attached hydrogen (secondary N) is 1. The average Bonchev–Trinajstić information content (AvgIpc) is 3.02. The molecule has 3 aromatic rings. The van der Waals surface area contributed by atoms with Crippen molar-refractivity contribution in [1.29, 1.82) is 0 Å². The van der Waals surface area contributed by atoms with Crippen molar-refractivity contribution in [2.75, 3.05) is 5.32 Å². The molecule has 0 fully saturated rings. The van der Waals surface area contributed by atoms with Gasteiger partial charge in [-0.25, -0.2) is 0 Å². The van der Waals surface area contributed by atoms with E-state index in [1.165, 1.54) is 6.08 Å². The van der Waals surface area contributed by atoms with Crippen LogP contribution < -0.4 is 5.32 Å². The maximum atomic E-state index is 11.9. The minimum absolute atomic E-state index is 0.263. The van der Waals surface area contributed by atoms with Crippen molar-refractivity contribution in [3.8, 4) is 0 Å². The number of fused-ring (bicyclic) bond motifs is 1. The van der Waals surface area contributed by atoms with E-state index in [4.69, 9.17) is 16.0 Å². The first kappa shape index (κ1) is 13.4. The Hall–Kier alpha value is -2.59. The van der Waals surface area contributed by atoms with Crippen molar-refractivity contribution in [2.45, 2.75) is 0 Å². The summed E-state index contributed by atoms with van der Waals surface area (Å²) >= 11 is 6.12. The molecule has 1 amide bonds.